The molecule has 0 spiro atoms. The first-order valence-electron chi connectivity index (χ1n) is 2.27. The van der Waals surface area contributed by atoms with Gasteiger partial charge in [0.15, 0.2) is 0 Å². The van der Waals surface area contributed by atoms with Crippen LogP contribution in [-0.2, 0) is 0 Å². The lowest BCUT2D eigenvalue weighted by Gasteiger charge is -1.99. The normalized spacial score (nSPS) is 11.4. The molecule has 0 rings (SSSR count). The predicted molar refractivity (Wildman–Crippen MR) is 31.6 cm³/mol. The van der Waals surface area contributed by atoms with Crippen LogP contribution >= 0.6 is 0 Å². The van der Waals surface area contributed by atoms with Crippen molar-refractivity contribution in [2.24, 2.45) is 16.2 Å². The summed E-state index contributed by atoms with van der Waals surface area (Å²) in [6.07, 6.45) is 3.38. The number of hydrogen-bond donors (Lipinski definition) is 1. The largest absolute Gasteiger partial charge is 0.226 e. The molecule has 0 aromatic heterocycles. The van der Waals surface area contributed by atoms with Gasteiger partial charge in [-0.15, -0.1) is 0 Å². The Bertz CT molecular complexity index is 84.2. The van der Waals surface area contributed by atoms with Crippen LogP contribution in [0.3, 0.4) is 0 Å². The molecule has 0 aromatic carbocycles. The van der Waals surface area contributed by atoms with Crippen molar-refractivity contribution in [1.29, 1.82) is 0 Å². The maximum absolute atomic E-state index is 5.18. The molecule has 0 saturated heterocycles. The Morgan fingerprint density at radius 2 is 2.25 bits per heavy atom. The first-order chi connectivity index (χ1) is 3.81. The third-order valence-electron chi connectivity index (χ3n) is 0.495. The Hall–Kier alpha value is -0.900. The Morgan fingerprint density at radius 3 is 2.62 bits per heavy atom. The lowest BCUT2D eigenvalue weighted by Crippen LogP contribution is -2.16. The van der Waals surface area contributed by atoms with E-state index < -0.39 is 0 Å². The Labute approximate surface area is 48.6 Å². The molecule has 0 radical (unpaired) electrons. The quantitative estimate of drug-likeness (QED) is 0.326. The number of nitrogens with two attached hydrogens (primary N) is 1. The van der Waals surface area contributed by atoms with Crippen LogP contribution in [0, 0.1) is 0 Å². The summed E-state index contributed by atoms with van der Waals surface area (Å²) in [6, 6.07) is 0. The van der Waals surface area contributed by atoms with Crippen molar-refractivity contribution >= 4 is 0 Å². The SMILES string of the molecule is C/C=C\N(N)/N=N\C. The summed E-state index contributed by atoms with van der Waals surface area (Å²) in [6.45, 7) is 1.85. The monoisotopic (exact) mass is 114 g/mol. The standard InChI is InChI=1S/C4H10N4/c1-3-4-8(5)7-6-2/h3-4H,5H2,1-2H3/b4-3-,7-6-. The molecule has 0 aliphatic carbocycles. The average Bonchev–Trinajstić information content (AvgIpc) is 1.68. The summed E-state index contributed by atoms with van der Waals surface area (Å²) in [4.78, 5) is 0. The van der Waals surface area contributed by atoms with Crippen molar-refractivity contribution in [3.05, 3.63) is 12.3 Å². The molecule has 0 aliphatic heterocycles. The van der Waals surface area contributed by atoms with E-state index in [1.165, 1.54) is 0 Å². The first-order valence-corrected chi connectivity index (χ1v) is 2.27. The highest BCUT2D eigenvalue weighted by atomic mass is 15.7. The van der Waals surface area contributed by atoms with Gasteiger partial charge in [0, 0.05) is 6.20 Å². The second-order valence-corrected chi connectivity index (χ2v) is 1.15. The van der Waals surface area contributed by atoms with E-state index in [-0.39, 0.29) is 0 Å². The summed E-state index contributed by atoms with van der Waals surface area (Å²) in [5, 5.41) is 8.03. The number of nitrogens with zero attached hydrogens (tertiary/aromatic N) is 3. The molecule has 0 aromatic rings. The van der Waals surface area contributed by atoms with Gasteiger partial charge in [0.2, 0.25) is 0 Å². The lowest BCUT2D eigenvalue weighted by atomic mass is 10.7. The molecular weight excluding hydrogens is 104 g/mol. The highest BCUT2D eigenvalue weighted by Crippen LogP contribution is 1.79. The zero-order valence-electron chi connectivity index (χ0n) is 5.07. The van der Waals surface area contributed by atoms with Gasteiger partial charge in [-0.3, -0.25) is 0 Å². The van der Waals surface area contributed by atoms with E-state index in [9.17, 15) is 0 Å². The molecule has 2 N–H and O–H groups in total. The lowest BCUT2D eigenvalue weighted by molar-refractivity contribution is 0.388. The van der Waals surface area contributed by atoms with Crippen LogP contribution < -0.4 is 5.84 Å². The molecule has 4 nitrogen and oxygen atoms in total. The fraction of sp³-hybridized carbons (Fsp3) is 0.500. The van der Waals surface area contributed by atoms with Crippen molar-refractivity contribution in [2.45, 2.75) is 6.92 Å². The molecule has 4 heteroatoms. The van der Waals surface area contributed by atoms with E-state index in [2.05, 4.69) is 10.3 Å². The smallest absolute Gasteiger partial charge is 0.0509 e. The van der Waals surface area contributed by atoms with Gasteiger partial charge in [-0.1, -0.05) is 11.3 Å². The predicted octanol–water partition coefficient (Wildman–Crippen LogP) is 0.693. The summed E-state index contributed by atoms with van der Waals surface area (Å²) >= 11 is 0. The minimum atomic E-state index is 1.14. The Balaban J connectivity index is 3.47. The van der Waals surface area contributed by atoms with E-state index in [0.717, 1.165) is 5.12 Å². The van der Waals surface area contributed by atoms with Gasteiger partial charge in [0.25, 0.3) is 0 Å². The van der Waals surface area contributed by atoms with E-state index in [0.29, 0.717) is 0 Å². The summed E-state index contributed by atoms with van der Waals surface area (Å²) in [5.74, 6) is 5.18. The van der Waals surface area contributed by atoms with Crippen LogP contribution in [0.5, 0.6) is 0 Å². The number of rotatable bonds is 2. The fourth-order valence-electron chi connectivity index (χ4n) is 0.286. The molecule has 8 heavy (non-hydrogen) atoms. The maximum Gasteiger partial charge on any atom is 0.0509 e. The molecule has 0 unspecified atom stereocenters. The molecule has 0 heterocycles. The third-order valence-corrected chi connectivity index (χ3v) is 0.495. The van der Waals surface area contributed by atoms with Crippen LogP contribution in [0.4, 0.5) is 0 Å². The Morgan fingerprint density at radius 1 is 1.62 bits per heavy atom. The number of allylic oxidation sites excluding steroid dienone is 1. The molecule has 0 amide bonds. The second-order valence-electron chi connectivity index (χ2n) is 1.15. The van der Waals surface area contributed by atoms with Gasteiger partial charge in [0.05, 0.1) is 7.05 Å². The first kappa shape index (κ1) is 7.10. The van der Waals surface area contributed by atoms with E-state index >= 15 is 0 Å². The van der Waals surface area contributed by atoms with Gasteiger partial charge < -0.3 is 0 Å². The number of hydrogen-bond acceptors (Lipinski definition) is 3. The van der Waals surface area contributed by atoms with Gasteiger partial charge >= 0.3 is 0 Å². The molecule has 0 saturated carbocycles. The van der Waals surface area contributed by atoms with Gasteiger partial charge in [0.1, 0.15) is 0 Å². The zero-order chi connectivity index (χ0) is 6.41. The molecule has 0 bridgehead atoms. The third kappa shape index (κ3) is 3.30. The second kappa shape index (κ2) is 4.26. The van der Waals surface area contributed by atoms with E-state index in [1.54, 1.807) is 19.3 Å². The van der Waals surface area contributed by atoms with Crippen molar-refractivity contribution < 1.29 is 0 Å². The van der Waals surface area contributed by atoms with Crippen molar-refractivity contribution in [1.82, 2.24) is 5.12 Å². The average molecular weight is 114 g/mol. The summed E-state index contributed by atoms with van der Waals surface area (Å²) in [7, 11) is 1.56. The van der Waals surface area contributed by atoms with E-state index in [1.807, 2.05) is 6.92 Å². The van der Waals surface area contributed by atoms with E-state index in [4.69, 9.17) is 5.84 Å². The zero-order valence-corrected chi connectivity index (χ0v) is 5.07. The summed E-state index contributed by atoms with van der Waals surface area (Å²) < 4.78 is 0. The minimum absolute atomic E-state index is 1.14. The van der Waals surface area contributed by atoms with Crippen molar-refractivity contribution in [3.63, 3.8) is 0 Å². The molecule has 0 atom stereocenters. The van der Waals surface area contributed by atoms with Crippen molar-refractivity contribution in [2.75, 3.05) is 7.05 Å². The van der Waals surface area contributed by atoms with Crippen LogP contribution in [-0.4, -0.2) is 12.2 Å². The highest BCUT2D eigenvalue weighted by Gasteiger charge is 1.76. The maximum atomic E-state index is 5.18. The molecule has 0 aliphatic rings. The van der Waals surface area contributed by atoms with Crippen molar-refractivity contribution in [3.8, 4) is 0 Å². The van der Waals surface area contributed by atoms with Crippen LogP contribution in [0.25, 0.3) is 0 Å². The molecule has 0 fully saturated rings. The van der Waals surface area contributed by atoms with Gasteiger partial charge in [-0.25, -0.2) is 5.84 Å². The molecular formula is C4H10N4. The highest BCUT2D eigenvalue weighted by molar-refractivity contribution is 4.71. The topological polar surface area (TPSA) is 54.0 Å². The van der Waals surface area contributed by atoms with Gasteiger partial charge in [-0.2, -0.15) is 10.2 Å². The minimum Gasteiger partial charge on any atom is -0.226 e. The van der Waals surface area contributed by atoms with Gasteiger partial charge in [-0.05, 0) is 6.92 Å². The summed E-state index contributed by atoms with van der Waals surface area (Å²) in [5.41, 5.74) is 0. The Kier molecular flexibility index (Phi) is 3.78. The van der Waals surface area contributed by atoms with Crippen LogP contribution in [0.15, 0.2) is 22.6 Å². The van der Waals surface area contributed by atoms with Crippen LogP contribution in [0.1, 0.15) is 6.92 Å². The fourth-order valence-corrected chi connectivity index (χ4v) is 0.286. The molecule has 46 valence electrons. The van der Waals surface area contributed by atoms with Crippen LogP contribution in [0.2, 0.25) is 0 Å². The number of hydrazine groups is 1.